The van der Waals surface area contributed by atoms with Crippen LogP contribution in [0.15, 0.2) is 42.1 Å². The first-order valence-corrected chi connectivity index (χ1v) is 10.3. The highest BCUT2D eigenvalue weighted by molar-refractivity contribution is 7.93. The van der Waals surface area contributed by atoms with E-state index in [0.717, 1.165) is 0 Å². The van der Waals surface area contributed by atoms with Gasteiger partial charge in [-0.1, -0.05) is 32.9 Å². The van der Waals surface area contributed by atoms with Crippen molar-refractivity contribution >= 4 is 38.9 Å². The minimum Gasteiger partial charge on any atom is -0.397 e. The molecule has 2 rings (SSSR count). The van der Waals surface area contributed by atoms with Crippen molar-refractivity contribution in [3.05, 3.63) is 42.1 Å². The molecule has 8 nitrogen and oxygen atoms in total. The van der Waals surface area contributed by atoms with Gasteiger partial charge in [0.1, 0.15) is 5.25 Å². The number of amides is 2. The first-order chi connectivity index (χ1) is 12.9. The molecule has 1 atom stereocenters. The zero-order valence-electron chi connectivity index (χ0n) is 16.4. The third-order valence-corrected chi connectivity index (χ3v) is 5.69. The van der Waals surface area contributed by atoms with E-state index in [4.69, 9.17) is 5.73 Å². The fourth-order valence-corrected chi connectivity index (χ4v) is 3.65. The van der Waals surface area contributed by atoms with Crippen molar-refractivity contribution in [2.75, 3.05) is 15.8 Å². The molecule has 2 amide bonds. The Morgan fingerprint density at radius 3 is 2.39 bits per heavy atom. The van der Waals surface area contributed by atoms with Crippen LogP contribution in [0.5, 0.6) is 0 Å². The molecule has 0 saturated heterocycles. The normalized spacial score (nSPS) is 16.9. The quantitative estimate of drug-likeness (QED) is 0.558. The average Bonchev–Trinajstić information content (AvgIpc) is 2.56. The highest BCUT2D eigenvalue weighted by Gasteiger charge is 2.25. The molecule has 1 aromatic carbocycles. The summed E-state index contributed by atoms with van der Waals surface area (Å²) >= 11 is 0. The van der Waals surface area contributed by atoms with Crippen LogP contribution >= 0.6 is 0 Å². The van der Waals surface area contributed by atoms with E-state index in [2.05, 4.69) is 15.4 Å². The largest absolute Gasteiger partial charge is 0.397 e. The Morgan fingerprint density at radius 1 is 1.18 bits per heavy atom. The fourth-order valence-electron chi connectivity index (χ4n) is 2.40. The van der Waals surface area contributed by atoms with Gasteiger partial charge >= 0.3 is 0 Å². The summed E-state index contributed by atoms with van der Waals surface area (Å²) in [4.78, 5) is 23.3. The van der Waals surface area contributed by atoms with Crippen LogP contribution in [-0.4, -0.2) is 25.5 Å². The Morgan fingerprint density at radius 2 is 1.86 bits per heavy atom. The topological polar surface area (TPSA) is 130 Å². The van der Waals surface area contributed by atoms with E-state index < -0.39 is 20.7 Å². The fraction of sp³-hybridized carbons (Fsp3) is 0.368. The molecule has 5 N–H and O–H groups in total. The van der Waals surface area contributed by atoms with Gasteiger partial charge in [0, 0.05) is 18.0 Å². The van der Waals surface area contributed by atoms with Crippen LogP contribution in [0, 0.1) is 5.41 Å². The summed E-state index contributed by atoms with van der Waals surface area (Å²) in [7, 11) is -3.72. The monoisotopic (exact) mass is 406 g/mol. The number of allylic oxidation sites excluding steroid dienone is 2. The Bertz CT molecular complexity index is 943. The van der Waals surface area contributed by atoms with Crippen LogP contribution in [-0.2, 0) is 19.6 Å². The Hall–Kier alpha value is -2.81. The molecule has 0 aromatic heterocycles. The molecule has 0 radical (unpaired) electrons. The van der Waals surface area contributed by atoms with Gasteiger partial charge in [-0.25, -0.2) is 8.42 Å². The van der Waals surface area contributed by atoms with Crippen molar-refractivity contribution < 1.29 is 18.0 Å². The van der Waals surface area contributed by atoms with Gasteiger partial charge in [-0.3, -0.25) is 14.3 Å². The van der Waals surface area contributed by atoms with Crippen molar-refractivity contribution in [1.82, 2.24) is 5.32 Å². The standard InChI is InChI=1S/C19H26N4O4S/c1-12(24)21-13-5-8-15(9-6-13)28(26,27)23-14-7-10-16(20)17(11-14)22-18(25)19(2,3)4/h5-8,10-11,15,23H,9,20H2,1-4H3,(H,21,24)(H,22,25). The van der Waals surface area contributed by atoms with Crippen molar-refractivity contribution in [2.45, 2.75) is 39.4 Å². The predicted octanol–water partition coefficient (Wildman–Crippen LogP) is 2.34. The second kappa shape index (κ2) is 8.05. The SMILES string of the molecule is CC(=O)NC1=CCC(S(=O)(=O)Nc2ccc(N)c(NC(=O)C(C)(C)C)c2)C=C1. The van der Waals surface area contributed by atoms with Crippen molar-refractivity contribution in [3.8, 4) is 0 Å². The molecular weight excluding hydrogens is 380 g/mol. The molecule has 1 unspecified atom stereocenters. The summed E-state index contributed by atoms with van der Waals surface area (Å²) in [6.07, 6.45) is 4.97. The minimum absolute atomic E-state index is 0.220. The molecule has 1 aliphatic rings. The second-order valence-corrected chi connectivity index (χ2v) is 9.53. The molecule has 0 heterocycles. The summed E-state index contributed by atoms with van der Waals surface area (Å²) in [6.45, 7) is 6.69. The highest BCUT2D eigenvalue weighted by Crippen LogP contribution is 2.27. The molecular formula is C19H26N4O4S. The lowest BCUT2D eigenvalue weighted by Crippen LogP contribution is -2.29. The Labute approximate surface area is 165 Å². The van der Waals surface area contributed by atoms with Crippen molar-refractivity contribution in [1.29, 1.82) is 0 Å². The molecule has 0 saturated carbocycles. The van der Waals surface area contributed by atoms with Gasteiger partial charge in [0.2, 0.25) is 21.8 Å². The van der Waals surface area contributed by atoms with Crippen molar-refractivity contribution in [3.63, 3.8) is 0 Å². The summed E-state index contributed by atoms with van der Waals surface area (Å²) in [5.74, 6) is -0.452. The summed E-state index contributed by atoms with van der Waals surface area (Å²) in [5, 5.41) is 4.55. The molecule has 0 spiro atoms. The number of nitrogen functional groups attached to an aromatic ring is 1. The van der Waals surface area contributed by atoms with Gasteiger partial charge in [0.05, 0.1) is 17.1 Å². The average molecular weight is 407 g/mol. The van der Waals surface area contributed by atoms with Gasteiger partial charge in [0.15, 0.2) is 0 Å². The summed E-state index contributed by atoms with van der Waals surface area (Å²) in [6, 6.07) is 4.55. The molecule has 0 aliphatic heterocycles. The van der Waals surface area contributed by atoms with Gasteiger partial charge in [-0.2, -0.15) is 0 Å². The summed E-state index contributed by atoms with van der Waals surface area (Å²) in [5.41, 5.74) is 6.82. The van der Waals surface area contributed by atoms with Gasteiger partial charge < -0.3 is 16.4 Å². The lowest BCUT2D eigenvalue weighted by Gasteiger charge is -2.20. The van der Waals surface area contributed by atoms with E-state index in [-0.39, 0.29) is 18.2 Å². The number of carbonyl (C=O) groups is 2. The number of rotatable bonds is 5. The maximum absolute atomic E-state index is 12.7. The van der Waals surface area contributed by atoms with Crippen LogP contribution in [0.4, 0.5) is 17.1 Å². The van der Waals surface area contributed by atoms with E-state index in [1.807, 2.05) is 0 Å². The number of sulfonamides is 1. The van der Waals surface area contributed by atoms with E-state index in [0.29, 0.717) is 22.8 Å². The van der Waals surface area contributed by atoms with Gasteiger partial charge in [0.25, 0.3) is 0 Å². The van der Waals surface area contributed by atoms with E-state index in [1.54, 1.807) is 32.9 Å². The molecule has 0 fully saturated rings. The third kappa shape index (κ3) is 5.59. The second-order valence-electron chi connectivity index (χ2n) is 7.63. The molecule has 152 valence electrons. The third-order valence-electron chi connectivity index (χ3n) is 4.02. The first kappa shape index (κ1) is 21.5. The molecule has 1 aliphatic carbocycles. The zero-order valence-corrected chi connectivity index (χ0v) is 17.2. The van der Waals surface area contributed by atoms with E-state index in [1.165, 1.54) is 31.2 Å². The van der Waals surface area contributed by atoms with Crippen LogP contribution in [0.2, 0.25) is 0 Å². The lowest BCUT2D eigenvalue weighted by molar-refractivity contribution is -0.123. The number of hydrogen-bond donors (Lipinski definition) is 4. The van der Waals surface area contributed by atoms with Crippen LogP contribution < -0.4 is 21.1 Å². The maximum Gasteiger partial charge on any atom is 0.239 e. The van der Waals surface area contributed by atoms with Gasteiger partial charge in [-0.05, 0) is 30.7 Å². The highest BCUT2D eigenvalue weighted by atomic mass is 32.2. The molecule has 0 bridgehead atoms. The van der Waals surface area contributed by atoms with Gasteiger partial charge in [-0.15, -0.1) is 0 Å². The lowest BCUT2D eigenvalue weighted by atomic mass is 9.95. The number of hydrogen-bond acceptors (Lipinski definition) is 5. The molecule has 9 heteroatoms. The zero-order chi connectivity index (χ0) is 21.1. The van der Waals surface area contributed by atoms with Crippen molar-refractivity contribution in [2.24, 2.45) is 5.41 Å². The summed E-state index contributed by atoms with van der Waals surface area (Å²) < 4.78 is 27.8. The van der Waals surface area contributed by atoms with E-state index >= 15 is 0 Å². The Kier molecular flexibility index (Phi) is 6.18. The number of nitrogens with one attached hydrogen (secondary N) is 3. The van der Waals surface area contributed by atoms with Crippen LogP contribution in [0.25, 0.3) is 0 Å². The van der Waals surface area contributed by atoms with Crippen LogP contribution in [0.1, 0.15) is 34.1 Å². The number of carbonyl (C=O) groups excluding carboxylic acids is 2. The van der Waals surface area contributed by atoms with Crippen LogP contribution in [0.3, 0.4) is 0 Å². The molecule has 1 aromatic rings. The van der Waals surface area contributed by atoms with E-state index in [9.17, 15) is 18.0 Å². The number of nitrogens with two attached hydrogens (primary N) is 1. The smallest absolute Gasteiger partial charge is 0.239 e. The maximum atomic E-state index is 12.7. The molecule has 28 heavy (non-hydrogen) atoms. The Balaban J connectivity index is 2.14. The number of anilines is 3. The predicted molar refractivity (Wildman–Crippen MR) is 111 cm³/mol. The minimum atomic E-state index is -3.72. The first-order valence-electron chi connectivity index (χ1n) is 8.77. The number of benzene rings is 1.